The summed E-state index contributed by atoms with van der Waals surface area (Å²) >= 11 is 3.53. The van der Waals surface area contributed by atoms with Gasteiger partial charge in [0.15, 0.2) is 0 Å². The van der Waals surface area contributed by atoms with Crippen LogP contribution in [0, 0.1) is 0 Å². The first-order chi connectivity index (χ1) is 12.5. The van der Waals surface area contributed by atoms with Crippen molar-refractivity contribution >= 4 is 15.9 Å². The van der Waals surface area contributed by atoms with Gasteiger partial charge in [-0.1, -0.05) is 58.4 Å². The number of epoxide rings is 1. The Balaban J connectivity index is 1.51. The summed E-state index contributed by atoms with van der Waals surface area (Å²) in [6, 6.07) is 20.0. The summed E-state index contributed by atoms with van der Waals surface area (Å²) in [5.74, 6) is 0. The van der Waals surface area contributed by atoms with Crippen molar-refractivity contribution < 1.29 is 4.74 Å². The molecule has 0 spiro atoms. The molecule has 4 heteroatoms. The van der Waals surface area contributed by atoms with Crippen LogP contribution in [0.4, 0.5) is 0 Å². The van der Waals surface area contributed by atoms with Crippen LogP contribution in [0.15, 0.2) is 59.1 Å². The standard InChI is InChI=1S/C22H27BrN2O/c1-17(18-8-10-20(23)11-9-18)25-13-12-22(24-16-25,14-21(2)15-26-21)19-6-4-3-5-7-19/h3-11,17,24H,12-16H2,1-2H3/t17-,21?,22-/m0/s1. The molecule has 1 unspecified atom stereocenters. The van der Waals surface area contributed by atoms with Crippen LogP contribution in [0.25, 0.3) is 0 Å². The predicted octanol–water partition coefficient (Wildman–Crippen LogP) is 4.84. The molecule has 0 bridgehead atoms. The lowest BCUT2D eigenvalue weighted by Gasteiger charge is -2.46. The number of benzene rings is 2. The molecule has 0 amide bonds. The van der Waals surface area contributed by atoms with Crippen molar-refractivity contribution in [1.82, 2.24) is 10.2 Å². The lowest BCUT2D eigenvalue weighted by atomic mass is 9.78. The first-order valence-corrected chi connectivity index (χ1v) is 10.2. The number of ether oxygens (including phenoxy) is 1. The summed E-state index contributed by atoms with van der Waals surface area (Å²) in [6.07, 6.45) is 2.13. The van der Waals surface area contributed by atoms with E-state index >= 15 is 0 Å². The molecule has 2 aliphatic rings. The van der Waals surface area contributed by atoms with E-state index in [2.05, 4.69) is 94.6 Å². The summed E-state index contributed by atoms with van der Waals surface area (Å²) in [7, 11) is 0. The van der Waals surface area contributed by atoms with Crippen molar-refractivity contribution in [2.45, 2.75) is 43.9 Å². The van der Waals surface area contributed by atoms with Crippen molar-refractivity contribution in [3.63, 3.8) is 0 Å². The second-order valence-corrected chi connectivity index (χ2v) is 8.90. The van der Waals surface area contributed by atoms with Crippen LogP contribution in [-0.4, -0.2) is 30.3 Å². The Morgan fingerprint density at radius 2 is 1.85 bits per heavy atom. The van der Waals surface area contributed by atoms with E-state index in [-0.39, 0.29) is 11.1 Å². The minimum atomic E-state index is 0.00243. The average molecular weight is 415 g/mol. The topological polar surface area (TPSA) is 27.8 Å². The zero-order chi connectivity index (χ0) is 18.2. The Labute approximate surface area is 164 Å². The lowest BCUT2D eigenvalue weighted by molar-refractivity contribution is 0.0706. The number of nitrogens with zero attached hydrogens (tertiary/aromatic N) is 1. The fourth-order valence-electron chi connectivity index (χ4n) is 4.16. The Morgan fingerprint density at radius 3 is 2.42 bits per heavy atom. The van der Waals surface area contributed by atoms with Crippen LogP contribution in [0.2, 0.25) is 0 Å². The van der Waals surface area contributed by atoms with Crippen molar-refractivity contribution in [2.24, 2.45) is 0 Å². The van der Waals surface area contributed by atoms with E-state index in [0.29, 0.717) is 6.04 Å². The maximum absolute atomic E-state index is 5.74. The van der Waals surface area contributed by atoms with Gasteiger partial charge in [0.2, 0.25) is 0 Å². The molecule has 3 atom stereocenters. The molecule has 2 aliphatic heterocycles. The highest BCUT2D eigenvalue weighted by atomic mass is 79.9. The molecule has 138 valence electrons. The average Bonchev–Trinajstić information content (AvgIpc) is 3.39. The maximum Gasteiger partial charge on any atom is 0.0909 e. The minimum Gasteiger partial charge on any atom is -0.370 e. The lowest BCUT2D eigenvalue weighted by Crippen LogP contribution is -2.56. The van der Waals surface area contributed by atoms with Gasteiger partial charge in [-0.05, 0) is 43.5 Å². The van der Waals surface area contributed by atoms with Gasteiger partial charge < -0.3 is 4.74 Å². The summed E-state index contributed by atoms with van der Waals surface area (Å²) in [5.41, 5.74) is 2.78. The number of hydrogen-bond acceptors (Lipinski definition) is 3. The third kappa shape index (κ3) is 3.74. The molecule has 2 aromatic rings. The van der Waals surface area contributed by atoms with E-state index in [0.717, 1.165) is 37.1 Å². The minimum absolute atomic E-state index is 0.00243. The molecule has 4 rings (SSSR count). The zero-order valence-electron chi connectivity index (χ0n) is 15.5. The quantitative estimate of drug-likeness (QED) is 0.709. The van der Waals surface area contributed by atoms with Gasteiger partial charge in [0.05, 0.1) is 12.2 Å². The van der Waals surface area contributed by atoms with Gasteiger partial charge in [0, 0.05) is 35.7 Å². The van der Waals surface area contributed by atoms with Gasteiger partial charge in [-0.3, -0.25) is 10.2 Å². The molecule has 0 radical (unpaired) electrons. The second kappa shape index (κ2) is 7.08. The van der Waals surface area contributed by atoms with E-state index in [4.69, 9.17) is 4.74 Å². The first-order valence-electron chi connectivity index (χ1n) is 9.44. The van der Waals surface area contributed by atoms with E-state index < -0.39 is 0 Å². The number of halogens is 1. The highest BCUT2D eigenvalue weighted by Crippen LogP contribution is 2.43. The third-order valence-corrected chi connectivity index (χ3v) is 6.51. The van der Waals surface area contributed by atoms with Gasteiger partial charge in [-0.25, -0.2) is 0 Å². The van der Waals surface area contributed by atoms with Crippen LogP contribution in [0.3, 0.4) is 0 Å². The van der Waals surface area contributed by atoms with Crippen molar-refractivity contribution in [3.8, 4) is 0 Å². The zero-order valence-corrected chi connectivity index (χ0v) is 17.1. The molecule has 2 saturated heterocycles. The van der Waals surface area contributed by atoms with E-state index in [1.807, 2.05) is 0 Å². The van der Waals surface area contributed by atoms with Crippen molar-refractivity contribution in [1.29, 1.82) is 0 Å². The predicted molar refractivity (Wildman–Crippen MR) is 109 cm³/mol. The molecule has 26 heavy (non-hydrogen) atoms. The van der Waals surface area contributed by atoms with Crippen molar-refractivity contribution in [3.05, 3.63) is 70.2 Å². The van der Waals surface area contributed by atoms with Crippen molar-refractivity contribution in [2.75, 3.05) is 19.8 Å². The van der Waals surface area contributed by atoms with Gasteiger partial charge in [0.25, 0.3) is 0 Å². The van der Waals surface area contributed by atoms with Gasteiger partial charge in [-0.15, -0.1) is 0 Å². The monoisotopic (exact) mass is 414 g/mol. The number of rotatable bonds is 5. The summed E-state index contributed by atoms with van der Waals surface area (Å²) in [6.45, 7) is 7.38. The molecule has 0 aromatic heterocycles. The molecular formula is C22H27BrN2O. The highest BCUT2D eigenvalue weighted by molar-refractivity contribution is 9.10. The SMILES string of the molecule is C[C@@H](c1ccc(Br)cc1)N1CC[C@](CC2(C)CO2)(c2ccccc2)NC1. The smallest absolute Gasteiger partial charge is 0.0909 e. The fraction of sp³-hybridized carbons (Fsp3) is 0.455. The Kier molecular flexibility index (Phi) is 4.95. The second-order valence-electron chi connectivity index (χ2n) is 7.99. The third-order valence-electron chi connectivity index (χ3n) is 5.99. The Morgan fingerprint density at radius 1 is 1.15 bits per heavy atom. The van der Waals surface area contributed by atoms with Crippen LogP contribution in [0.5, 0.6) is 0 Å². The molecule has 3 nitrogen and oxygen atoms in total. The number of nitrogens with one attached hydrogen (secondary N) is 1. The van der Waals surface area contributed by atoms with E-state index in [9.17, 15) is 0 Å². The summed E-state index contributed by atoms with van der Waals surface area (Å²) in [4.78, 5) is 2.53. The van der Waals surface area contributed by atoms with Gasteiger partial charge in [0.1, 0.15) is 0 Å². The van der Waals surface area contributed by atoms with Crippen LogP contribution in [0.1, 0.15) is 43.9 Å². The molecule has 2 aromatic carbocycles. The fourth-order valence-corrected chi connectivity index (χ4v) is 4.42. The number of hydrogen-bond donors (Lipinski definition) is 1. The van der Waals surface area contributed by atoms with Crippen LogP contribution >= 0.6 is 15.9 Å². The molecule has 2 fully saturated rings. The van der Waals surface area contributed by atoms with Gasteiger partial charge in [-0.2, -0.15) is 0 Å². The van der Waals surface area contributed by atoms with Gasteiger partial charge >= 0.3 is 0 Å². The Bertz CT molecular complexity index is 734. The molecule has 2 heterocycles. The van der Waals surface area contributed by atoms with Crippen LogP contribution < -0.4 is 5.32 Å². The molecule has 1 N–H and O–H groups in total. The molecular weight excluding hydrogens is 388 g/mol. The highest BCUT2D eigenvalue weighted by Gasteiger charge is 2.49. The summed E-state index contributed by atoms with van der Waals surface area (Å²) < 4.78 is 6.87. The van der Waals surface area contributed by atoms with Crippen LogP contribution in [-0.2, 0) is 10.3 Å². The Hall–Kier alpha value is -1.20. The first kappa shape index (κ1) is 18.2. The van der Waals surface area contributed by atoms with E-state index in [1.165, 1.54) is 11.1 Å². The van der Waals surface area contributed by atoms with E-state index in [1.54, 1.807) is 0 Å². The maximum atomic E-state index is 5.74. The molecule has 0 aliphatic carbocycles. The normalized spacial score (nSPS) is 30.1. The summed E-state index contributed by atoms with van der Waals surface area (Å²) in [5, 5.41) is 3.89. The largest absolute Gasteiger partial charge is 0.370 e. The molecule has 0 saturated carbocycles.